The number of amides is 2. The molecule has 158 valence electrons. The number of fused-ring (bicyclic) bond motifs is 1. The van der Waals surface area contributed by atoms with Crippen LogP contribution >= 0.6 is 0 Å². The van der Waals surface area contributed by atoms with E-state index >= 15 is 0 Å². The number of hydrogen-bond donors (Lipinski definition) is 0. The number of nitrogens with zero attached hydrogens (tertiary/aromatic N) is 3. The van der Waals surface area contributed by atoms with Crippen molar-refractivity contribution in [3.8, 4) is 11.1 Å². The van der Waals surface area contributed by atoms with E-state index in [1.807, 2.05) is 29.2 Å². The number of benzene rings is 2. The Morgan fingerprint density at radius 2 is 1.70 bits per heavy atom. The molecular formula is C24H29N3O3. The minimum absolute atomic E-state index is 0.144. The second-order valence-corrected chi connectivity index (χ2v) is 8.03. The summed E-state index contributed by atoms with van der Waals surface area (Å²) in [5, 5.41) is 1.20. The summed E-state index contributed by atoms with van der Waals surface area (Å²) in [4.78, 5) is 34.5. The second kappa shape index (κ2) is 8.98. The maximum Gasteiger partial charge on any atom is 0.277 e. The van der Waals surface area contributed by atoms with Crippen molar-refractivity contribution in [1.82, 2.24) is 14.9 Å². The van der Waals surface area contributed by atoms with E-state index in [-0.39, 0.29) is 11.8 Å². The monoisotopic (exact) mass is 407 g/mol. The zero-order valence-corrected chi connectivity index (χ0v) is 17.8. The molecule has 0 aromatic heterocycles. The van der Waals surface area contributed by atoms with Gasteiger partial charge in [0.1, 0.15) is 0 Å². The summed E-state index contributed by atoms with van der Waals surface area (Å²) in [7, 11) is 3.05. The highest BCUT2D eigenvalue weighted by Gasteiger charge is 2.25. The lowest BCUT2D eigenvalue weighted by molar-refractivity contribution is -0.0756. The van der Waals surface area contributed by atoms with Gasteiger partial charge < -0.3 is 9.80 Å². The van der Waals surface area contributed by atoms with Gasteiger partial charge in [0.2, 0.25) is 0 Å². The Hall–Kier alpha value is -2.70. The molecule has 6 nitrogen and oxygen atoms in total. The zero-order chi connectivity index (χ0) is 21.1. The highest BCUT2D eigenvalue weighted by Crippen LogP contribution is 2.27. The Balaban J connectivity index is 1.45. The first-order chi connectivity index (χ1) is 14.6. The normalized spacial score (nSPS) is 16.6. The Labute approximate surface area is 178 Å². The van der Waals surface area contributed by atoms with Gasteiger partial charge >= 0.3 is 0 Å². The lowest BCUT2D eigenvalue weighted by Crippen LogP contribution is -2.42. The SMILES string of the molecule is CON(C)C(=O)c1ccc(-c2ccc3c(c2)CCN(CCN2CCCC2)C3=O)cc1. The summed E-state index contributed by atoms with van der Waals surface area (Å²) in [5.41, 5.74) is 4.59. The van der Waals surface area contributed by atoms with E-state index in [2.05, 4.69) is 11.0 Å². The molecule has 0 N–H and O–H groups in total. The van der Waals surface area contributed by atoms with Crippen molar-refractivity contribution in [2.75, 3.05) is 46.9 Å². The van der Waals surface area contributed by atoms with Crippen molar-refractivity contribution in [2.24, 2.45) is 0 Å². The van der Waals surface area contributed by atoms with Gasteiger partial charge in [-0.25, -0.2) is 5.06 Å². The standard InChI is InChI=1S/C24H29N3O3/c1-25(30-2)23(28)19-7-5-18(6-8-19)20-9-10-22-21(17-20)11-14-27(24(22)29)16-15-26-12-3-4-13-26/h5-10,17H,3-4,11-16H2,1-2H3. The van der Waals surface area contributed by atoms with Crippen LogP contribution in [0.25, 0.3) is 11.1 Å². The Kier molecular flexibility index (Phi) is 6.16. The molecule has 0 spiro atoms. The third-order valence-electron chi connectivity index (χ3n) is 6.18. The number of likely N-dealkylation sites (tertiary alicyclic amines) is 1. The fourth-order valence-electron chi connectivity index (χ4n) is 4.27. The van der Waals surface area contributed by atoms with Gasteiger partial charge in [0.25, 0.3) is 11.8 Å². The molecule has 1 fully saturated rings. The van der Waals surface area contributed by atoms with Crippen LogP contribution in [0.1, 0.15) is 39.1 Å². The first kappa shape index (κ1) is 20.6. The van der Waals surface area contributed by atoms with Crippen LogP contribution in [-0.2, 0) is 11.3 Å². The minimum atomic E-state index is -0.186. The molecule has 0 bridgehead atoms. The van der Waals surface area contributed by atoms with E-state index in [1.165, 1.54) is 25.0 Å². The largest absolute Gasteiger partial charge is 0.337 e. The molecule has 2 aliphatic rings. The van der Waals surface area contributed by atoms with Crippen LogP contribution in [0.4, 0.5) is 0 Å². The molecule has 1 saturated heterocycles. The van der Waals surface area contributed by atoms with Crippen LogP contribution in [0.3, 0.4) is 0 Å². The average molecular weight is 408 g/mol. The minimum Gasteiger partial charge on any atom is -0.337 e. The predicted octanol–water partition coefficient (Wildman–Crippen LogP) is 3.08. The van der Waals surface area contributed by atoms with E-state index < -0.39 is 0 Å². The summed E-state index contributed by atoms with van der Waals surface area (Å²) in [6.45, 7) is 4.89. The van der Waals surface area contributed by atoms with E-state index in [1.54, 1.807) is 19.2 Å². The first-order valence-corrected chi connectivity index (χ1v) is 10.6. The second-order valence-electron chi connectivity index (χ2n) is 8.03. The number of hydrogen-bond acceptors (Lipinski definition) is 4. The van der Waals surface area contributed by atoms with E-state index in [0.717, 1.165) is 61.4 Å². The average Bonchev–Trinajstić information content (AvgIpc) is 3.31. The van der Waals surface area contributed by atoms with Crippen molar-refractivity contribution in [3.63, 3.8) is 0 Å². The highest BCUT2D eigenvalue weighted by atomic mass is 16.7. The van der Waals surface area contributed by atoms with Gasteiger partial charge in [0.15, 0.2) is 0 Å². The van der Waals surface area contributed by atoms with Crippen LogP contribution in [0.15, 0.2) is 42.5 Å². The Morgan fingerprint density at radius 3 is 2.40 bits per heavy atom. The quantitative estimate of drug-likeness (QED) is 0.691. The molecular weight excluding hydrogens is 378 g/mol. The lowest BCUT2D eigenvalue weighted by atomic mass is 9.93. The molecule has 2 amide bonds. The lowest BCUT2D eigenvalue weighted by Gasteiger charge is -2.30. The summed E-state index contributed by atoms with van der Waals surface area (Å²) >= 11 is 0. The van der Waals surface area contributed by atoms with Crippen LogP contribution in [0, 0.1) is 0 Å². The molecule has 0 radical (unpaired) electrons. The summed E-state index contributed by atoms with van der Waals surface area (Å²) < 4.78 is 0. The molecule has 6 heteroatoms. The van der Waals surface area contributed by atoms with Crippen molar-refractivity contribution in [1.29, 1.82) is 0 Å². The van der Waals surface area contributed by atoms with E-state index in [4.69, 9.17) is 4.84 Å². The molecule has 0 saturated carbocycles. The molecule has 2 aromatic rings. The maximum absolute atomic E-state index is 12.9. The summed E-state index contributed by atoms with van der Waals surface area (Å²) in [6, 6.07) is 13.5. The van der Waals surface area contributed by atoms with Gasteiger partial charge in [-0.3, -0.25) is 14.4 Å². The van der Waals surface area contributed by atoms with Gasteiger partial charge in [0.05, 0.1) is 7.11 Å². The van der Waals surface area contributed by atoms with Crippen molar-refractivity contribution < 1.29 is 14.4 Å². The third kappa shape index (κ3) is 4.25. The topological polar surface area (TPSA) is 53.1 Å². The van der Waals surface area contributed by atoms with Gasteiger partial charge in [-0.1, -0.05) is 24.3 Å². The summed E-state index contributed by atoms with van der Waals surface area (Å²) in [6.07, 6.45) is 3.43. The van der Waals surface area contributed by atoms with Crippen molar-refractivity contribution >= 4 is 11.8 Å². The molecule has 2 aromatic carbocycles. The van der Waals surface area contributed by atoms with Crippen LogP contribution in [0.2, 0.25) is 0 Å². The zero-order valence-electron chi connectivity index (χ0n) is 17.8. The first-order valence-electron chi connectivity index (χ1n) is 10.6. The molecule has 4 rings (SSSR count). The predicted molar refractivity (Wildman–Crippen MR) is 116 cm³/mol. The third-order valence-corrected chi connectivity index (χ3v) is 6.18. The molecule has 0 aliphatic carbocycles. The Morgan fingerprint density at radius 1 is 1.00 bits per heavy atom. The fourth-order valence-corrected chi connectivity index (χ4v) is 4.27. The van der Waals surface area contributed by atoms with Crippen molar-refractivity contribution in [3.05, 3.63) is 59.2 Å². The molecule has 2 aliphatic heterocycles. The number of hydroxylamine groups is 2. The molecule has 2 heterocycles. The van der Waals surface area contributed by atoms with Gasteiger partial charge in [-0.05, 0) is 67.2 Å². The Bertz CT molecular complexity index is 920. The molecule has 0 unspecified atom stereocenters. The van der Waals surface area contributed by atoms with Gasteiger partial charge in [-0.15, -0.1) is 0 Å². The van der Waals surface area contributed by atoms with Gasteiger partial charge in [-0.2, -0.15) is 0 Å². The van der Waals surface area contributed by atoms with Crippen LogP contribution in [-0.4, -0.2) is 73.6 Å². The van der Waals surface area contributed by atoms with Crippen LogP contribution < -0.4 is 0 Å². The molecule has 30 heavy (non-hydrogen) atoms. The number of rotatable bonds is 6. The number of carbonyl (C=O) groups is 2. The summed E-state index contributed by atoms with van der Waals surface area (Å²) in [5.74, 6) is -0.0420. The van der Waals surface area contributed by atoms with Crippen molar-refractivity contribution in [2.45, 2.75) is 19.3 Å². The van der Waals surface area contributed by atoms with E-state index in [9.17, 15) is 9.59 Å². The molecule has 0 atom stereocenters. The smallest absolute Gasteiger partial charge is 0.277 e. The van der Waals surface area contributed by atoms with Gasteiger partial charge in [0, 0.05) is 37.8 Å². The number of carbonyl (C=O) groups excluding carboxylic acids is 2. The fraction of sp³-hybridized carbons (Fsp3) is 0.417. The van der Waals surface area contributed by atoms with E-state index in [0.29, 0.717) is 5.56 Å². The van der Waals surface area contributed by atoms with Crippen LogP contribution in [0.5, 0.6) is 0 Å². The highest BCUT2D eigenvalue weighted by molar-refractivity contribution is 5.97. The maximum atomic E-state index is 12.9.